The molecule has 0 aliphatic carbocycles. The van der Waals surface area contributed by atoms with Crippen LogP contribution in [0, 0.1) is 0 Å². The van der Waals surface area contributed by atoms with Gasteiger partial charge in [0.05, 0.1) is 6.61 Å². The Kier molecular flexibility index (Phi) is 5.24. The van der Waals surface area contributed by atoms with Crippen molar-refractivity contribution < 1.29 is 34.7 Å². The molecule has 0 aromatic rings. The molecule has 1 rings (SSSR count). The van der Waals surface area contributed by atoms with Gasteiger partial charge in [0.25, 0.3) is 0 Å². The van der Waals surface area contributed by atoms with Crippen molar-refractivity contribution in [1.82, 2.24) is 0 Å². The molecule has 0 aromatic heterocycles. The number of esters is 1. The van der Waals surface area contributed by atoms with Crippen LogP contribution in [-0.2, 0) is 14.3 Å². The molecule has 5 atom stereocenters. The quantitative estimate of drug-likeness (QED) is 0.353. The largest absolute Gasteiger partial charge is 0.430 e. The minimum absolute atomic E-state index is 0.568. The summed E-state index contributed by atoms with van der Waals surface area (Å²) in [7, 11) is 0. The van der Waals surface area contributed by atoms with Crippen LogP contribution in [0.3, 0.4) is 0 Å². The van der Waals surface area contributed by atoms with Gasteiger partial charge in [-0.1, -0.05) is 5.57 Å². The fraction of sp³-hybridized carbons (Fsp3) is 0.727. The van der Waals surface area contributed by atoms with Gasteiger partial charge >= 0.3 is 5.97 Å². The second-order valence-electron chi connectivity index (χ2n) is 4.36. The monoisotopic (exact) mass is 262 g/mol. The standard InChI is InChI=1S/C11H18O7/c1-5(2)3-7(13)18-11-10(16)9(15)8(14)6(4-12)17-11/h3,6,8-12,14-16H,4H2,1-2H3/t6-,8-,9+,10-,11?/m1/s1. The average Bonchev–Trinajstić information content (AvgIpc) is 2.29. The van der Waals surface area contributed by atoms with E-state index in [4.69, 9.17) is 14.6 Å². The third kappa shape index (κ3) is 3.50. The molecule has 104 valence electrons. The molecular weight excluding hydrogens is 244 g/mol. The van der Waals surface area contributed by atoms with Crippen LogP contribution in [0.25, 0.3) is 0 Å². The third-order valence-electron chi connectivity index (χ3n) is 2.49. The maximum absolute atomic E-state index is 11.4. The first-order valence-corrected chi connectivity index (χ1v) is 5.53. The summed E-state index contributed by atoms with van der Waals surface area (Å²) in [4.78, 5) is 11.4. The Balaban J connectivity index is 2.70. The van der Waals surface area contributed by atoms with Gasteiger partial charge in [-0.15, -0.1) is 0 Å². The second-order valence-corrected chi connectivity index (χ2v) is 4.36. The number of allylic oxidation sites excluding steroid dienone is 1. The lowest BCUT2D eigenvalue weighted by molar-refractivity contribution is -0.291. The summed E-state index contributed by atoms with van der Waals surface area (Å²) in [6.45, 7) is 2.81. The molecule has 4 N–H and O–H groups in total. The van der Waals surface area contributed by atoms with Crippen molar-refractivity contribution in [1.29, 1.82) is 0 Å². The molecule has 18 heavy (non-hydrogen) atoms. The van der Waals surface area contributed by atoms with Crippen molar-refractivity contribution >= 4 is 5.97 Å². The first-order chi connectivity index (χ1) is 8.36. The summed E-state index contributed by atoms with van der Waals surface area (Å²) in [6, 6.07) is 0. The van der Waals surface area contributed by atoms with E-state index in [0.29, 0.717) is 5.57 Å². The fourth-order valence-corrected chi connectivity index (χ4v) is 1.55. The molecule has 7 nitrogen and oxygen atoms in total. The van der Waals surface area contributed by atoms with Crippen molar-refractivity contribution in [3.63, 3.8) is 0 Å². The van der Waals surface area contributed by atoms with E-state index in [-0.39, 0.29) is 0 Å². The number of hydrogen-bond acceptors (Lipinski definition) is 7. The number of ether oxygens (including phenoxy) is 2. The van der Waals surface area contributed by atoms with Gasteiger partial charge in [-0.3, -0.25) is 0 Å². The number of aliphatic hydroxyl groups excluding tert-OH is 4. The van der Waals surface area contributed by atoms with Crippen molar-refractivity contribution in [3.8, 4) is 0 Å². The highest BCUT2D eigenvalue weighted by Crippen LogP contribution is 2.22. The molecule has 0 radical (unpaired) electrons. The van der Waals surface area contributed by atoms with E-state index in [0.717, 1.165) is 0 Å². The first kappa shape index (κ1) is 15.1. The summed E-state index contributed by atoms with van der Waals surface area (Å²) in [6.07, 6.45) is -5.92. The Morgan fingerprint density at radius 3 is 2.33 bits per heavy atom. The number of hydrogen-bond donors (Lipinski definition) is 4. The fourth-order valence-electron chi connectivity index (χ4n) is 1.55. The first-order valence-electron chi connectivity index (χ1n) is 5.53. The molecule has 0 amide bonds. The molecule has 1 aliphatic rings. The summed E-state index contributed by atoms with van der Waals surface area (Å²) in [5.41, 5.74) is 0.699. The van der Waals surface area contributed by atoms with Crippen molar-refractivity contribution in [3.05, 3.63) is 11.6 Å². The van der Waals surface area contributed by atoms with E-state index in [1.165, 1.54) is 6.08 Å². The Hall–Kier alpha value is -0.990. The Morgan fingerprint density at radius 2 is 1.83 bits per heavy atom. The smallest absolute Gasteiger partial charge is 0.333 e. The summed E-state index contributed by atoms with van der Waals surface area (Å²) < 4.78 is 9.80. The minimum atomic E-state index is -1.57. The zero-order chi connectivity index (χ0) is 13.9. The lowest BCUT2D eigenvalue weighted by atomic mass is 9.99. The molecule has 1 unspecified atom stereocenters. The highest BCUT2D eigenvalue weighted by atomic mass is 16.7. The number of aliphatic hydroxyl groups is 4. The Labute approximate surface area is 104 Å². The molecule has 1 saturated heterocycles. The predicted molar refractivity (Wildman–Crippen MR) is 59.3 cm³/mol. The number of carbonyl (C=O) groups excluding carboxylic acids is 1. The molecule has 0 spiro atoms. The number of rotatable bonds is 3. The van der Waals surface area contributed by atoms with Gasteiger partial charge in [-0.2, -0.15) is 0 Å². The maximum Gasteiger partial charge on any atom is 0.333 e. The molecule has 1 fully saturated rings. The van der Waals surface area contributed by atoms with E-state index in [1.807, 2.05) is 0 Å². The molecule has 1 heterocycles. The molecule has 7 heteroatoms. The summed E-state index contributed by atoms with van der Waals surface area (Å²) in [5, 5.41) is 37.5. The minimum Gasteiger partial charge on any atom is -0.430 e. The van der Waals surface area contributed by atoms with Gasteiger partial charge in [-0.05, 0) is 13.8 Å². The van der Waals surface area contributed by atoms with Crippen LogP contribution < -0.4 is 0 Å². The van der Waals surface area contributed by atoms with Gasteiger partial charge < -0.3 is 29.9 Å². The van der Waals surface area contributed by atoms with Crippen LogP contribution in [0.4, 0.5) is 0 Å². The van der Waals surface area contributed by atoms with Crippen LogP contribution in [-0.4, -0.2) is 63.7 Å². The van der Waals surface area contributed by atoms with E-state index in [1.54, 1.807) is 13.8 Å². The lowest BCUT2D eigenvalue weighted by Crippen LogP contribution is -2.59. The third-order valence-corrected chi connectivity index (χ3v) is 2.49. The van der Waals surface area contributed by atoms with Gasteiger partial charge in [0.2, 0.25) is 6.29 Å². The lowest BCUT2D eigenvalue weighted by Gasteiger charge is -2.38. The normalized spacial score (nSPS) is 36.0. The van der Waals surface area contributed by atoms with Crippen LogP contribution in [0.15, 0.2) is 11.6 Å². The summed E-state index contributed by atoms with van der Waals surface area (Å²) >= 11 is 0. The number of carbonyl (C=O) groups is 1. The molecular formula is C11H18O7. The highest BCUT2D eigenvalue weighted by molar-refractivity contribution is 5.82. The predicted octanol–water partition coefficient (Wildman–Crippen LogP) is -1.70. The Morgan fingerprint density at radius 1 is 1.22 bits per heavy atom. The maximum atomic E-state index is 11.4. The van der Waals surface area contributed by atoms with E-state index < -0.39 is 43.3 Å². The van der Waals surface area contributed by atoms with E-state index in [9.17, 15) is 20.1 Å². The second kappa shape index (κ2) is 6.26. The zero-order valence-corrected chi connectivity index (χ0v) is 10.2. The van der Waals surface area contributed by atoms with Crippen molar-refractivity contribution in [2.45, 2.75) is 44.6 Å². The molecule has 0 bridgehead atoms. The Bertz CT molecular complexity index is 321. The highest BCUT2D eigenvalue weighted by Gasteiger charge is 2.45. The van der Waals surface area contributed by atoms with Crippen molar-refractivity contribution in [2.24, 2.45) is 0 Å². The van der Waals surface area contributed by atoms with E-state index >= 15 is 0 Å². The van der Waals surface area contributed by atoms with Gasteiger partial charge in [0.15, 0.2) is 0 Å². The topological polar surface area (TPSA) is 116 Å². The van der Waals surface area contributed by atoms with Gasteiger partial charge in [-0.25, -0.2) is 4.79 Å². The van der Waals surface area contributed by atoms with Crippen LogP contribution in [0.2, 0.25) is 0 Å². The average molecular weight is 262 g/mol. The zero-order valence-electron chi connectivity index (χ0n) is 10.2. The van der Waals surface area contributed by atoms with Crippen LogP contribution in [0.1, 0.15) is 13.8 Å². The van der Waals surface area contributed by atoms with Crippen molar-refractivity contribution in [2.75, 3.05) is 6.61 Å². The molecule has 0 aromatic carbocycles. The van der Waals surface area contributed by atoms with Gasteiger partial charge in [0, 0.05) is 6.08 Å². The van der Waals surface area contributed by atoms with Crippen LogP contribution in [0.5, 0.6) is 0 Å². The SMILES string of the molecule is CC(C)=CC(=O)OC1O[C@H](CO)[C@@H](O)[C@H](O)[C@H]1O. The molecule has 1 aliphatic heterocycles. The van der Waals surface area contributed by atoms with E-state index in [2.05, 4.69) is 0 Å². The molecule has 0 saturated carbocycles. The van der Waals surface area contributed by atoms with Gasteiger partial charge in [0.1, 0.15) is 24.4 Å². The summed E-state index contributed by atoms with van der Waals surface area (Å²) in [5.74, 6) is -0.737. The van der Waals surface area contributed by atoms with Crippen LogP contribution >= 0.6 is 0 Å².